The first-order chi connectivity index (χ1) is 13.6. The molecule has 0 saturated heterocycles. The lowest BCUT2D eigenvalue weighted by atomic mass is 10.0. The lowest BCUT2D eigenvalue weighted by Gasteiger charge is -2.01. The molecule has 28 heavy (non-hydrogen) atoms. The minimum absolute atomic E-state index is 0.579. The van der Waals surface area contributed by atoms with Gasteiger partial charge in [-0.1, -0.05) is 71.8 Å². The number of benzene rings is 3. The molecule has 0 bridgehead atoms. The first kappa shape index (κ1) is 19.5. The molecule has 0 amide bonds. The number of rotatable bonds is 4. The molecule has 0 unspecified atom stereocenters. The van der Waals surface area contributed by atoms with Crippen molar-refractivity contribution in [3.63, 3.8) is 0 Å². The Morgan fingerprint density at radius 1 is 0.571 bits per heavy atom. The van der Waals surface area contributed by atoms with Crippen LogP contribution in [-0.4, -0.2) is 0 Å². The van der Waals surface area contributed by atoms with E-state index in [0.29, 0.717) is 21.2 Å². The van der Waals surface area contributed by atoms with Gasteiger partial charge in [0.25, 0.3) is 0 Å². The second kappa shape index (κ2) is 9.07. The largest absolute Gasteiger partial charge is 0.192 e. The molecule has 0 radical (unpaired) electrons. The highest BCUT2D eigenvalue weighted by atomic mass is 35.5. The van der Waals surface area contributed by atoms with Gasteiger partial charge in [0, 0.05) is 10.0 Å². The summed E-state index contributed by atoms with van der Waals surface area (Å²) in [7, 11) is 0. The van der Waals surface area contributed by atoms with Gasteiger partial charge >= 0.3 is 0 Å². The third kappa shape index (κ3) is 4.90. The van der Waals surface area contributed by atoms with Gasteiger partial charge in [-0.25, -0.2) is 0 Å². The van der Waals surface area contributed by atoms with Crippen molar-refractivity contribution in [1.29, 1.82) is 10.5 Å². The Kier molecular flexibility index (Phi) is 6.30. The van der Waals surface area contributed by atoms with Gasteiger partial charge in [0.2, 0.25) is 0 Å². The minimum atomic E-state index is 0.579. The van der Waals surface area contributed by atoms with Crippen molar-refractivity contribution in [1.82, 2.24) is 0 Å². The van der Waals surface area contributed by atoms with E-state index in [4.69, 9.17) is 23.2 Å². The van der Waals surface area contributed by atoms with E-state index in [2.05, 4.69) is 12.1 Å². The lowest BCUT2D eigenvalue weighted by Crippen LogP contribution is -1.82. The molecule has 0 atom stereocenters. The van der Waals surface area contributed by atoms with Crippen LogP contribution >= 0.6 is 23.2 Å². The maximum atomic E-state index is 9.19. The zero-order chi connectivity index (χ0) is 19.9. The fourth-order valence-corrected chi connectivity index (χ4v) is 3.00. The summed E-state index contributed by atoms with van der Waals surface area (Å²) in [4.78, 5) is 0. The van der Waals surface area contributed by atoms with E-state index in [1.54, 1.807) is 36.4 Å². The number of nitriles is 2. The maximum absolute atomic E-state index is 9.19. The number of nitrogens with zero attached hydrogens (tertiary/aromatic N) is 2. The van der Waals surface area contributed by atoms with Gasteiger partial charge in [0.1, 0.15) is 0 Å². The predicted octanol–water partition coefficient (Wildman–Crippen LogP) is 7.08. The molecule has 3 rings (SSSR count). The highest BCUT2D eigenvalue weighted by Gasteiger charge is 2.01. The van der Waals surface area contributed by atoms with E-state index in [9.17, 15) is 10.5 Å². The molecule has 0 spiro atoms. The van der Waals surface area contributed by atoms with E-state index in [0.717, 1.165) is 22.3 Å². The summed E-state index contributed by atoms with van der Waals surface area (Å²) in [5, 5.41) is 19.6. The fraction of sp³-hybridized carbons (Fsp3) is 0. The molecule has 0 heterocycles. The van der Waals surface area contributed by atoms with Crippen molar-refractivity contribution in [3.8, 4) is 12.1 Å². The van der Waals surface area contributed by atoms with Gasteiger partial charge in [-0.3, -0.25) is 0 Å². The smallest absolute Gasteiger partial charge is 0.0997 e. The van der Waals surface area contributed by atoms with Crippen LogP contribution in [0.5, 0.6) is 0 Å². The van der Waals surface area contributed by atoms with Crippen LogP contribution in [-0.2, 0) is 0 Å². The molecule has 3 aromatic carbocycles. The first-order valence-electron chi connectivity index (χ1n) is 8.44. The molecule has 0 aliphatic heterocycles. The standard InChI is InChI=1S/C24H14Cl2N2/c25-23-11-9-21(15-27)19(13-23)7-5-17-1-2-18(4-3-17)6-8-20-14-24(26)12-10-22(20)16-28/h1-14H/b7-5+,8-6+. The SMILES string of the molecule is N#Cc1ccc(Cl)cc1/C=C/c1ccc(/C=C/c2cc(Cl)ccc2C#N)cc1. The molecule has 0 aliphatic rings. The molecule has 2 nitrogen and oxygen atoms in total. The molecule has 3 aromatic rings. The zero-order valence-electron chi connectivity index (χ0n) is 14.7. The number of hydrogen-bond donors (Lipinski definition) is 0. The quantitative estimate of drug-likeness (QED) is 0.439. The Balaban J connectivity index is 1.78. The third-order valence-electron chi connectivity index (χ3n) is 4.12. The third-order valence-corrected chi connectivity index (χ3v) is 4.59. The van der Waals surface area contributed by atoms with E-state index in [1.807, 2.05) is 48.6 Å². The van der Waals surface area contributed by atoms with Crippen LogP contribution in [0.2, 0.25) is 10.0 Å². The van der Waals surface area contributed by atoms with Crippen molar-refractivity contribution in [2.24, 2.45) is 0 Å². The van der Waals surface area contributed by atoms with Gasteiger partial charge in [0.15, 0.2) is 0 Å². The Morgan fingerprint density at radius 3 is 1.32 bits per heavy atom. The molecule has 4 heteroatoms. The summed E-state index contributed by atoms with van der Waals surface area (Å²) in [6, 6.07) is 22.6. The number of hydrogen-bond acceptors (Lipinski definition) is 2. The molecular weight excluding hydrogens is 387 g/mol. The van der Waals surface area contributed by atoms with Gasteiger partial charge in [-0.2, -0.15) is 10.5 Å². The zero-order valence-corrected chi connectivity index (χ0v) is 16.2. The van der Waals surface area contributed by atoms with Crippen molar-refractivity contribution < 1.29 is 0 Å². The summed E-state index contributed by atoms with van der Waals surface area (Å²) in [6.45, 7) is 0. The Morgan fingerprint density at radius 2 is 0.964 bits per heavy atom. The maximum Gasteiger partial charge on any atom is 0.0997 e. The molecule has 134 valence electrons. The van der Waals surface area contributed by atoms with Crippen molar-refractivity contribution in [2.45, 2.75) is 0 Å². The van der Waals surface area contributed by atoms with Crippen LogP contribution in [0.3, 0.4) is 0 Å². The molecular formula is C24H14Cl2N2. The summed E-state index contributed by atoms with van der Waals surface area (Å²) in [5.41, 5.74) is 4.72. The van der Waals surface area contributed by atoms with E-state index in [1.165, 1.54) is 0 Å². The summed E-state index contributed by atoms with van der Waals surface area (Å²) < 4.78 is 0. The monoisotopic (exact) mass is 400 g/mol. The topological polar surface area (TPSA) is 47.6 Å². The Labute approximate surface area is 174 Å². The van der Waals surface area contributed by atoms with E-state index in [-0.39, 0.29) is 0 Å². The number of halogens is 2. The van der Waals surface area contributed by atoms with Crippen molar-refractivity contribution in [2.75, 3.05) is 0 Å². The van der Waals surface area contributed by atoms with Crippen LogP contribution in [0.4, 0.5) is 0 Å². The van der Waals surface area contributed by atoms with Crippen LogP contribution in [0.15, 0.2) is 60.7 Å². The average molecular weight is 401 g/mol. The van der Waals surface area contributed by atoms with Crippen LogP contribution in [0.1, 0.15) is 33.4 Å². The highest BCUT2D eigenvalue weighted by Crippen LogP contribution is 2.20. The summed E-state index contributed by atoms with van der Waals surface area (Å²) in [5.74, 6) is 0. The Hall–Kier alpha value is -3.30. The van der Waals surface area contributed by atoms with E-state index < -0.39 is 0 Å². The minimum Gasteiger partial charge on any atom is -0.192 e. The predicted molar refractivity (Wildman–Crippen MR) is 117 cm³/mol. The molecule has 0 aliphatic carbocycles. The van der Waals surface area contributed by atoms with Crippen molar-refractivity contribution >= 4 is 47.5 Å². The fourth-order valence-electron chi connectivity index (χ4n) is 2.64. The highest BCUT2D eigenvalue weighted by molar-refractivity contribution is 6.31. The van der Waals surface area contributed by atoms with Crippen LogP contribution < -0.4 is 0 Å². The van der Waals surface area contributed by atoms with Crippen molar-refractivity contribution in [3.05, 3.63) is 104 Å². The van der Waals surface area contributed by atoms with Gasteiger partial charge in [0.05, 0.1) is 23.3 Å². The first-order valence-corrected chi connectivity index (χ1v) is 9.20. The molecule has 0 N–H and O–H groups in total. The lowest BCUT2D eigenvalue weighted by molar-refractivity contribution is 1.47. The second-order valence-electron chi connectivity index (χ2n) is 6.02. The van der Waals surface area contributed by atoms with Crippen LogP contribution in [0.25, 0.3) is 24.3 Å². The second-order valence-corrected chi connectivity index (χ2v) is 6.89. The van der Waals surface area contributed by atoms with E-state index >= 15 is 0 Å². The summed E-state index contributed by atoms with van der Waals surface area (Å²) >= 11 is 12.0. The molecule has 0 aromatic heterocycles. The summed E-state index contributed by atoms with van der Waals surface area (Å²) in [6.07, 6.45) is 7.62. The van der Waals surface area contributed by atoms with Gasteiger partial charge in [-0.05, 0) is 58.7 Å². The molecule has 0 fully saturated rings. The van der Waals surface area contributed by atoms with Gasteiger partial charge < -0.3 is 0 Å². The normalized spacial score (nSPS) is 10.9. The average Bonchev–Trinajstić information content (AvgIpc) is 2.71. The van der Waals surface area contributed by atoms with Crippen LogP contribution in [0, 0.1) is 22.7 Å². The van der Waals surface area contributed by atoms with Gasteiger partial charge in [-0.15, -0.1) is 0 Å². The molecule has 0 saturated carbocycles. The Bertz CT molecular complexity index is 1050.